The molecule has 1 saturated heterocycles. The minimum Gasteiger partial charge on any atom is -0.457 e. The number of benzene rings is 2. The third-order valence-electron chi connectivity index (χ3n) is 4.55. The normalized spacial score (nSPS) is 17.0. The third kappa shape index (κ3) is 5.69. The van der Waals surface area contributed by atoms with E-state index in [1.165, 1.54) is 12.1 Å². The van der Waals surface area contributed by atoms with Crippen LogP contribution < -0.4 is 10.1 Å². The molecule has 1 unspecified atom stereocenters. The van der Waals surface area contributed by atoms with Gasteiger partial charge in [-0.25, -0.2) is 4.39 Å². The Morgan fingerprint density at radius 1 is 1.19 bits per heavy atom. The minimum atomic E-state index is -0.275. The van der Waals surface area contributed by atoms with Crippen molar-refractivity contribution in [3.8, 4) is 11.5 Å². The number of rotatable bonds is 6. The maximum atomic E-state index is 12.9. The highest BCUT2D eigenvalue weighted by atomic mass is 19.1. The number of nitrogens with one attached hydrogen (secondary N) is 1. The van der Waals surface area contributed by atoms with Gasteiger partial charge in [-0.2, -0.15) is 0 Å². The van der Waals surface area contributed by atoms with Crippen molar-refractivity contribution >= 4 is 5.96 Å². The number of hydrogen-bond donors (Lipinski definition) is 1. The summed E-state index contributed by atoms with van der Waals surface area (Å²) in [5.41, 5.74) is 1.13. The van der Waals surface area contributed by atoms with Gasteiger partial charge in [-0.1, -0.05) is 12.1 Å². The second-order valence-corrected chi connectivity index (χ2v) is 6.71. The van der Waals surface area contributed by atoms with Crippen LogP contribution in [0.15, 0.2) is 53.5 Å². The molecule has 2 aromatic carbocycles. The van der Waals surface area contributed by atoms with Crippen LogP contribution in [0.4, 0.5) is 4.39 Å². The van der Waals surface area contributed by atoms with E-state index in [2.05, 4.69) is 15.2 Å². The monoisotopic (exact) mass is 371 g/mol. The van der Waals surface area contributed by atoms with E-state index in [4.69, 9.17) is 9.47 Å². The number of halogens is 1. The lowest BCUT2D eigenvalue weighted by molar-refractivity contribution is 0.181. The predicted octanol–water partition coefficient (Wildman–Crippen LogP) is 3.66. The van der Waals surface area contributed by atoms with Gasteiger partial charge in [0.1, 0.15) is 17.3 Å². The van der Waals surface area contributed by atoms with Gasteiger partial charge in [-0.3, -0.25) is 4.99 Å². The fourth-order valence-electron chi connectivity index (χ4n) is 3.08. The van der Waals surface area contributed by atoms with Crippen molar-refractivity contribution in [2.45, 2.75) is 13.0 Å². The fraction of sp³-hybridized carbons (Fsp3) is 0.381. The standard InChI is InChI=1S/C21H26FN3O2/c1-23-21(25(2)14-17-11-12-26-15-17)24-13-16-3-7-19(8-4-16)27-20-9-5-18(22)6-10-20/h3-10,17H,11-15H2,1-2H3,(H,23,24). The highest BCUT2D eigenvalue weighted by Gasteiger charge is 2.18. The second-order valence-electron chi connectivity index (χ2n) is 6.71. The van der Waals surface area contributed by atoms with Crippen LogP contribution in [0.3, 0.4) is 0 Å². The lowest BCUT2D eigenvalue weighted by atomic mass is 10.1. The van der Waals surface area contributed by atoms with E-state index < -0.39 is 0 Å². The Bertz CT molecular complexity index is 741. The van der Waals surface area contributed by atoms with Crippen molar-refractivity contribution in [3.63, 3.8) is 0 Å². The molecule has 0 saturated carbocycles. The molecule has 0 radical (unpaired) electrons. The van der Waals surface area contributed by atoms with Gasteiger partial charge in [0.05, 0.1) is 6.61 Å². The average Bonchev–Trinajstić information content (AvgIpc) is 3.18. The third-order valence-corrected chi connectivity index (χ3v) is 4.55. The first-order valence-corrected chi connectivity index (χ1v) is 9.16. The highest BCUT2D eigenvalue weighted by molar-refractivity contribution is 5.79. The maximum Gasteiger partial charge on any atom is 0.193 e. The molecule has 0 spiro atoms. The summed E-state index contributed by atoms with van der Waals surface area (Å²) in [6, 6.07) is 13.8. The molecular weight excluding hydrogens is 345 g/mol. The van der Waals surface area contributed by atoms with Crippen molar-refractivity contribution in [2.75, 3.05) is 33.9 Å². The van der Waals surface area contributed by atoms with Gasteiger partial charge in [-0.15, -0.1) is 0 Å². The molecule has 6 heteroatoms. The quantitative estimate of drug-likeness (QED) is 0.622. The summed E-state index contributed by atoms with van der Waals surface area (Å²) in [6.45, 7) is 3.30. The van der Waals surface area contributed by atoms with Gasteiger partial charge in [0.15, 0.2) is 5.96 Å². The summed E-state index contributed by atoms with van der Waals surface area (Å²) in [4.78, 5) is 6.51. The smallest absolute Gasteiger partial charge is 0.193 e. The van der Waals surface area contributed by atoms with Crippen LogP contribution in [-0.4, -0.2) is 44.7 Å². The molecule has 144 valence electrons. The Hall–Kier alpha value is -2.60. The summed E-state index contributed by atoms with van der Waals surface area (Å²) in [5.74, 6) is 2.49. The molecule has 1 aliphatic heterocycles. The zero-order chi connectivity index (χ0) is 19.1. The topological polar surface area (TPSA) is 46.1 Å². The number of nitrogens with zero attached hydrogens (tertiary/aromatic N) is 2. The minimum absolute atomic E-state index is 0.275. The molecular formula is C21H26FN3O2. The summed E-state index contributed by atoms with van der Waals surface area (Å²) in [7, 11) is 3.84. The summed E-state index contributed by atoms with van der Waals surface area (Å²) < 4.78 is 24.1. The van der Waals surface area contributed by atoms with Crippen molar-refractivity contribution in [3.05, 3.63) is 59.9 Å². The zero-order valence-electron chi connectivity index (χ0n) is 15.8. The predicted molar refractivity (Wildman–Crippen MR) is 105 cm³/mol. The molecule has 1 heterocycles. The molecule has 5 nitrogen and oxygen atoms in total. The molecule has 3 rings (SSSR count). The maximum absolute atomic E-state index is 12.9. The molecule has 27 heavy (non-hydrogen) atoms. The molecule has 1 N–H and O–H groups in total. The summed E-state index contributed by atoms with van der Waals surface area (Å²) in [6.07, 6.45) is 1.11. The van der Waals surface area contributed by atoms with Crippen LogP contribution in [0.2, 0.25) is 0 Å². The van der Waals surface area contributed by atoms with Crippen LogP contribution in [0.5, 0.6) is 11.5 Å². The molecule has 1 aliphatic rings. The Kier molecular flexibility index (Phi) is 6.65. The Labute approximate surface area is 159 Å². The van der Waals surface area contributed by atoms with E-state index in [9.17, 15) is 4.39 Å². The van der Waals surface area contributed by atoms with E-state index in [1.807, 2.05) is 31.3 Å². The molecule has 0 bridgehead atoms. The molecule has 0 aromatic heterocycles. The SMILES string of the molecule is CN=C(NCc1ccc(Oc2ccc(F)cc2)cc1)N(C)CC1CCOC1. The first kappa shape index (κ1) is 19.2. The molecule has 2 aromatic rings. The number of aliphatic imine (C=N–C) groups is 1. The number of ether oxygens (including phenoxy) is 2. The van der Waals surface area contributed by atoms with Crippen molar-refractivity contribution in [1.82, 2.24) is 10.2 Å². The van der Waals surface area contributed by atoms with Crippen LogP contribution in [0.25, 0.3) is 0 Å². The van der Waals surface area contributed by atoms with Crippen molar-refractivity contribution in [1.29, 1.82) is 0 Å². The lowest BCUT2D eigenvalue weighted by Gasteiger charge is -2.24. The van der Waals surface area contributed by atoms with Crippen molar-refractivity contribution in [2.24, 2.45) is 10.9 Å². The molecule has 1 fully saturated rings. The van der Waals surface area contributed by atoms with Gasteiger partial charge < -0.3 is 19.7 Å². The molecule has 0 aliphatic carbocycles. The zero-order valence-corrected chi connectivity index (χ0v) is 15.8. The van der Waals surface area contributed by atoms with E-state index in [-0.39, 0.29) is 5.82 Å². The first-order chi connectivity index (χ1) is 13.1. The van der Waals surface area contributed by atoms with Crippen LogP contribution in [0.1, 0.15) is 12.0 Å². The van der Waals surface area contributed by atoms with Gasteiger partial charge in [-0.05, 0) is 48.4 Å². The summed E-state index contributed by atoms with van der Waals surface area (Å²) in [5, 5.41) is 3.39. The van der Waals surface area contributed by atoms with Crippen LogP contribution >= 0.6 is 0 Å². The second kappa shape index (κ2) is 9.37. The Morgan fingerprint density at radius 2 is 1.85 bits per heavy atom. The number of hydrogen-bond acceptors (Lipinski definition) is 3. The summed E-state index contributed by atoms with van der Waals surface area (Å²) >= 11 is 0. The lowest BCUT2D eigenvalue weighted by Crippen LogP contribution is -2.41. The van der Waals surface area contributed by atoms with E-state index in [0.29, 0.717) is 24.0 Å². The van der Waals surface area contributed by atoms with E-state index in [1.54, 1.807) is 19.2 Å². The first-order valence-electron chi connectivity index (χ1n) is 9.16. The Morgan fingerprint density at radius 3 is 2.44 bits per heavy atom. The van der Waals surface area contributed by atoms with Gasteiger partial charge in [0.2, 0.25) is 0 Å². The highest BCUT2D eigenvalue weighted by Crippen LogP contribution is 2.22. The average molecular weight is 371 g/mol. The largest absolute Gasteiger partial charge is 0.457 e. The Balaban J connectivity index is 1.50. The van der Waals surface area contributed by atoms with E-state index >= 15 is 0 Å². The van der Waals surface area contributed by atoms with Gasteiger partial charge in [0.25, 0.3) is 0 Å². The van der Waals surface area contributed by atoms with E-state index in [0.717, 1.165) is 37.7 Å². The van der Waals surface area contributed by atoms with Gasteiger partial charge in [0, 0.05) is 39.7 Å². The fourth-order valence-corrected chi connectivity index (χ4v) is 3.08. The van der Waals surface area contributed by atoms with Crippen molar-refractivity contribution < 1.29 is 13.9 Å². The van der Waals surface area contributed by atoms with Crippen LogP contribution in [0, 0.1) is 11.7 Å². The number of guanidine groups is 1. The van der Waals surface area contributed by atoms with Gasteiger partial charge >= 0.3 is 0 Å². The van der Waals surface area contributed by atoms with Crippen LogP contribution in [-0.2, 0) is 11.3 Å². The molecule has 1 atom stereocenters. The molecule has 0 amide bonds.